The first-order valence-electron chi connectivity index (χ1n) is 7.42. The number of rotatable bonds is 9. The van der Waals surface area contributed by atoms with Crippen molar-refractivity contribution in [3.63, 3.8) is 0 Å². The van der Waals surface area contributed by atoms with E-state index in [1.54, 1.807) is 51.8 Å². The highest BCUT2D eigenvalue weighted by molar-refractivity contribution is 7.99. The van der Waals surface area contributed by atoms with Gasteiger partial charge in [-0.05, 0) is 13.8 Å². The van der Waals surface area contributed by atoms with Crippen LogP contribution in [0.1, 0.15) is 13.8 Å². The molecule has 0 spiro atoms. The summed E-state index contributed by atoms with van der Waals surface area (Å²) < 4.78 is 3.23. The maximum absolute atomic E-state index is 12.0. The summed E-state index contributed by atoms with van der Waals surface area (Å²) in [7, 11) is 0. The van der Waals surface area contributed by atoms with E-state index in [0.29, 0.717) is 13.1 Å². The first-order valence-corrected chi connectivity index (χ1v) is 8.58. The number of carbonyl (C=O) groups is 1. The topological polar surface area (TPSA) is 59.3 Å². The molecular formula is C16H24N4O2S. The van der Waals surface area contributed by atoms with Crippen LogP contribution in [0.4, 0.5) is 4.79 Å². The number of aryl methyl sites for hydroxylation is 1. The molecule has 23 heavy (non-hydrogen) atoms. The van der Waals surface area contributed by atoms with E-state index in [4.69, 9.17) is 0 Å². The van der Waals surface area contributed by atoms with Crippen molar-refractivity contribution in [1.82, 2.24) is 19.4 Å². The van der Waals surface area contributed by atoms with Crippen LogP contribution in [0.3, 0.4) is 0 Å². The third-order valence-electron chi connectivity index (χ3n) is 2.99. The first kappa shape index (κ1) is 18.9. The summed E-state index contributed by atoms with van der Waals surface area (Å²) >= 11 is 1.69. The highest BCUT2D eigenvalue weighted by atomic mass is 32.2. The lowest BCUT2D eigenvalue weighted by molar-refractivity contribution is 0.221. The maximum atomic E-state index is 12.0. The molecule has 1 heterocycles. The van der Waals surface area contributed by atoms with E-state index < -0.39 is 0 Å². The number of allylic oxidation sites excluding steroid dienone is 2. The summed E-state index contributed by atoms with van der Waals surface area (Å²) in [6.07, 6.45) is 11.9. The minimum atomic E-state index is -0.196. The quantitative estimate of drug-likeness (QED) is 0.705. The van der Waals surface area contributed by atoms with Gasteiger partial charge in [-0.1, -0.05) is 18.7 Å². The Morgan fingerprint density at radius 1 is 1.35 bits per heavy atom. The predicted octanol–water partition coefficient (Wildman–Crippen LogP) is 2.56. The average Bonchev–Trinajstić information content (AvgIpc) is 2.89. The number of nitrogens with one attached hydrogen (secondary N) is 1. The van der Waals surface area contributed by atoms with Crippen LogP contribution < -0.4 is 11.0 Å². The second-order valence-electron chi connectivity index (χ2n) is 4.60. The van der Waals surface area contributed by atoms with Gasteiger partial charge in [-0.2, -0.15) is 11.8 Å². The van der Waals surface area contributed by atoms with Crippen molar-refractivity contribution < 1.29 is 4.79 Å². The summed E-state index contributed by atoms with van der Waals surface area (Å²) in [4.78, 5) is 25.2. The number of aromatic nitrogens is 2. The smallest absolute Gasteiger partial charge is 0.315 e. The number of nitrogens with zero attached hydrogens (tertiary/aromatic N) is 3. The van der Waals surface area contributed by atoms with Crippen LogP contribution >= 0.6 is 11.8 Å². The molecule has 1 N–H and O–H groups in total. The molecule has 7 heteroatoms. The Morgan fingerprint density at radius 2 is 2.13 bits per heavy atom. The van der Waals surface area contributed by atoms with Gasteiger partial charge in [0, 0.05) is 55.6 Å². The van der Waals surface area contributed by atoms with E-state index in [2.05, 4.69) is 11.9 Å². The maximum Gasteiger partial charge on any atom is 0.332 e. The van der Waals surface area contributed by atoms with Crippen LogP contribution in [-0.4, -0.2) is 38.1 Å². The Bertz CT molecular complexity index is 616. The zero-order valence-corrected chi connectivity index (χ0v) is 14.5. The molecule has 0 aliphatic heterocycles. The third-order valence-corrected chi connectivity index (χ3v) is 3.93. The molecule has 126 valence electrons. The van der Waals surface area contributed by atoms with Gasteiger partial charge in [0.05, 0.1) is 0 Å². The number of imidazole rings is 1. The molecule has 1 aromatic rings. The fourth-order valence-corrected chi connectivity index (χ4v) is 2.67. The lowest BCUT2D eigenvalue weighted by atomic mass is 10.6. The van der Waals surface area contributed by atoms with Crippen molar-refractivity contribution in [2.75, 3.05) is 18.1 Å². The Labute approximate surface area is 141 Å². The van der Waals surface area contributed by atoms with Crippen molar-refractivity contribution in [1.29, 1.82) is 0 Å². The minimum Gasteiger partial charge on any atom is -0.315 e. The Morgan fingerprint density at radius 3 is 2.78 bits per heavy atom. The molecule has 0 aromatic carbocycles. The van der Waals surface area contributed by atoms with Crippen LogP contribution in [-0.2, 0) is 6.54 Å². The van der Waals surface area contributed by atoms with Crippen molar-refractivity contribution in [2.24, 2.45) is 0 Å². The Balaban J connectivity index is 2.33. The molecule has 2 amide bonds. The highest BCUT2D eigenvalue weighted by Gasteiger charge is 2.07. The van der Waals surface area contributed by atoms with Gasteiger partial charge in [0.2, 0.25) is 0 Å². The molecule has 0 saturated heterocycles. The highest BCUT2D eigenvalue weighted by Crippen LogP contribution is 2.03. The van der Waals surface area contributed by atoms with Crippen molar-refractivity contribution >= 4 is 24.0 Å². The van der Waals surface area contributed by atoms with E-state index in [0.717, 1.165) is 11.5 Å². The largest absolute Gasteiger partial charge is 0.332 e. The van der Waals surface area contributed by atoms with Crippen LogP contribution in [0, 0.1) is 0 Å². The van der Waals surface area contributed by atoms with Crippen LogP contribution in [0.5, 0.6) is 0 Å². The van der Waals surface area contributed by atoms with Gasteiger partial charge in [-0.15, -0.1) is 0 Å². The van der Waals surface area contributed by atoms with Gasteiger partial charge in [-0.3, -0.25) is 9.13 Å². The molecular weight excluding hydrogens is 312 g/mol. The molecule has 1 rings (SSSR count). The van der Waals surface area contributed by atoms with Crippen LogP contribution in [0.2, 0.25) is 0 Å². The van der Waals surface area contributed by atoms with E-state index in [1.807, 2.05) is 19.9 Å². The standard InChI is InChI=1S/C16H24N4O2S/c1-4-7-17-15(21)18(6-3)11-13-23-14-12-20-10-9-19(8-5-2)16(20)22/h4-10H,3,11-14H2,1-2H3,(H,17,21)/b7-4+,8-5+. The lowest BCUT2D eigenvalue weighted by Crippen LogP contribution is -2.34. The number of thioether (sulfide) groups is 1. The zero-order chi connectivity index (χ0) is 17.1. The van der Waals surface area contributed by atoms with E-state index in [1.165, 1.54) is 11.1 Å². The summed E-state index contributed by atoms with van der Waals surface area (Å²) in [5.41, 5.74) is -0.0397. The van der Waals surface area contributed by atoms with Crippen molar-refractivity contribution in [3.05, 3.63) is 54.0 Å². The van der Waals surface area contributed by atoms with E-state index in [-0.39, 0.29) is 11.7 Å². The number of urea groups is 1. The Hall–Kier alpha value is -2.15. The molecule has 6 nitrogen and oxygen atoms in total. The molecule has 0 atom stereocenters. The normalized spacial score (nSPS) is 11.2. The number of carbonyl (C=O) groups excluding carboxylic acids is 1. The lowest BCUT2D eigenvalue weighted by Gasteiger charge is -2.17. The van der Waals surface area contributed by atoms with Gasteiger partial charge >= 0.3 is 11.7 Å². The summed E-state index contributed by atoms with van der Waals surface area (Å²) in [5, 5.41) is 2.64. The third kappa shape index (κ3) is 6.23. The van der Waals surface area contributed by atoms with Gasteiger partial charge in [0.1, 0.15) is 0 Å². The number of hydrogen-bond donors (Lipinski definition) is 1. The monoisotopic (exact) mass is 336 g/mol. The fourth-order valence-electron chi connectivity index (χ4n) is 1.81. The molecule has 0 aliphatic rings. The molecule has 0 unspecified atom stereocenters. The molecule has 1 aromatic heterocycles. The molecule has 0 saturated carbocycles. The number of hydrogen-bond acceptors (Lipinski definition) is 3. The van der Waals surface area contributed by atoms with Gasteiger partial charge < -0.3 is 10.2 Å². The number of amides is 2. The summed E-state index contributed by atoms with van der Waals surface area (Å²) in [5.74, 6) is 1.58. The summed E-state index contributed by atoms with van der Waals surface area (Å²) in [6.45, 7) is 8.57. The Kier molecular flexibility index (Phi) is 8.67. The summed E-state index contributed by atoms with van der Waals surface area (Å²) in [6, 6.07) is -0.196. The second kappa shape index (κ2) is 10.6. The van der Waals surface area contributed by atoms with Crippen LogP contribution in [0.15, 0.2) is 48.3 Å². The molecule has 0 radical (unpaired) electrons. The van der Waals surface area contributed by atoms with Gasteiger partial charge in [0.25, 0.3) is 0 Å². The van der Waals surface area contributed by atoms with Crippen molar-refractivity contribution in [3.8, 4) is 0 Å². The zero-order valence-electron chi connectivity index (χ0n) is 13.6. The van der Waals surface area contributed by atoms with E-state index in [9.17, 15) is 9.59 Å². The molecule has 0 fully saturated rings. The first-order chi connectivity index (χ1) is 11.1. The van der Waals surface area contributed by atoms with Crippen LogP contribution in [0.25, 0.3) is 6.20 Å². The second-order valence-corrected chi connectivity index (χ2v) is 5.83. The molecule has 0 bridgehead atoms. The SMILES string of the molecule is C=CN(CCSCCn1ccn(/C=C/C)c1=O)C(=O)N/C=C/C. The average molecular weight is 336 g/mol. The predicted molar refractivity (Wildman–Crippen MR) is 97.3 cm³/mol. The minimum absolute atomic E-state index is 0.0397. The fraction of sp³-hybridized carbons (Fsp3) is 0.375. The molecule has 0 aliphatic carbocycles. The van der Waals surface area contributed by atoms with Gasteiger partial charge in [0.15, 0.2) is 0 Å². The van der Waals surface area contributed by atoms with Gasteiger partial charge in [-0.25, -0.2) is 9.59 Å². The van der Waals surface area contributed by atoms with E-state index >= 15 is 0 Å². The van der Waals surface area contributed by atoms with Crippen molar-refractivity contribution in [2.45, 2.75) is 20.4 Å².